The number of amides is 3. The number of hydrogen-bond acceptors (Lipinski definition) is 10. The number of nitrogens with zero attached hydrogens (tertiary/aromatic N) is 7. The van der Waals surface area contributed by atoms with Gasteiger partial charge in [0.2, 0.25) is 5.91 Å². The molecule has 67 heavy (non-hydrogen) atoms. The molecule has 0 atom stereocenters. The van der Waals surface area contributed by atoms with Crippen LogP contribution in [-0.2, 0) is 30.5 Å². The summed E-state index contributed by atoms with van der Waals surface area (Å²) in [6, 6.07) is 44.3. The SMILES string of the molecule is CN(C)c1nc(Cc2ccc(NC(=O)c3ccc4ccccc4c3)cc2)nc(Cl)c1CC#N.CN(C)c1nc(Cc2ccc(NC(=O)c3ccc4ccccc4c3)cc2)nc(Cl)c1CC(N)=O. The molecule has 2 aromatic heterocycles. The first-order chi connectivity index (χ1) is 32.2. The van der Waals surface area contributed by atoms with Gasteiger partial charge in [-0.3, -0.25) is 14.4 Å². The largest absolute Gasteiger partial charge is 0.369 e. The van der Waals surface area contributed by atoms with Gasteiger partial charge in [-0.2, -0.15) is 5.26 Å². The number of aromatic nitrogens is 4. The molecule has 0 aliphatic rings. The van der Waals surface area contributed by atoms with Gasteiger partial charge >= 0.3 is 0 Å². The molecule has 13 nitrogen and oxygen atoms in total. The van der Waals surface area contributed by atoms with E-state index in [1.807, 2.05) is 167 Å². The highest BCUT2D eigenvalue weighted by Gasteiger charge is 2.18. The first-order valence-electron chi connectivity index (χ1n) is 21.1. The van der Waals surface area contributed by atoms with E-state index in [-0.39, 0.29) is 29.8 Å². The third kappa shape index (κ3) is 12.1. The number of halogens is 2. The Kier molecular flexibility index (Phi) is 15.0. The third-order valence-corrected chi connectivity index (χ3v) is 11.2. The monoisotopic (exact) mass is 928 g/mol. The average molecular weight is 930 g/mol. The number of anilines is 4. The third-order valence-electron chi connectivity index (χ3n) is 10.6. The van der Waals surface area contributed by atoms with Crippen molar-refractivity contribution in [2.75, 3.05) is 48.6 Å². The predicted octanol–water partition coefficient (Wildman–Crippen LogP) is 9.48. The summed E-state index contributed by atoms with van der Waals surface area (Å²) >= 11 is 12.7. The van der Waals surface area contributed by atoms with Crippen LogP contribution in [0.4, 0.5) is 23.0 Å². The van der Waals surface area contributed by atoms with Gasteiger partial charge in [-0.15, -0.1) is 0 Å². The lowest BCUT2D eigenvalue weighted by Crippen LogP contribution is -2.20. The normalized spacial score (nSPS) is 10.7. The van der Waals surface area contributed by atoms with Crippen LogP contribution in [0.1, 0.15) is 54.6 Å². The van der Waals surface area contributed by atoms with E-state index in [0.29, 0.717) is 74.9 Å². The van der Waals surface area contributed by atoms with Crippen LogP contribution in [0.15, 0.2) is 133 Å². The van der Waals surface area contributed by atoms with Gasteiger partial charge in [0.05, 0.1) is 18.9 Å². The number of nitrogens with one attached hydrogen (secondary N) is 2. The highest BCUT2D eigenvalue weighted by atomic mass is 35.5. The topological polar surface area (TPSA) is 183 Å². The Balaban J connectivity index is 0.000000199. The van der Waals surface area contributed by atoms with E-state index in [1.165, 1.54) is 0 Å². The maximum Gasteiger partial charge on any atom is 0.255 e. The molecule has 0 bridgehead atoms. The van der Waals surface area contributed by atoms with Crippen molar-refractivity contribution in [3.05, 3.63) is 189 Å². The Morgan fingerprint density at radius 2 is 0.970 bits per heavy atom. The minimum Gasteiger partial charge on any atom is -0.369 e. The number of carbonyl (C=O) groups excluding carboxylic acids is 3. The van der Waals surface area contributed by atoms with E-state index in [0.717, 1.165) is 32.7 Å². The number of rotatable bonds is 13. The Morgan fingerprint density at radius 1 is 0.567 bits per heavy atom. The van der Waals surface area contributed by atoms with Crippen LogP contribution < -0.4 is 26.2 Å². The average Bonchev–Trinajstić information content (AvgIpc) is 3.31. The molecule has 15 heteroatoms. The van der Waals surface area contributed by atoms with Crippen LogP contribution >= 0.6 is 23.2 Å². The highest BCUT2D eigenvalue weighted by molar-refractivity contribution is 6.31. The molecule has 0 aliphatic heterocycles. The minimum atomic E-state index is -0.498. The zero-order valence-electron chi connectivity index (χ0n) is 37.2. The molecule has 4 N–H and O–H groups in total. The lowest BCUT2D eigenvalue weighted by molar-refractivity contribution is -0.117. The second-order valence-electron chi connectivity index (χ2n) is 16.0. The smallest absolute Gasteiger partial charge is 0.255 e. The first kappa shape index (κ1) is 47.1. The van der Waals surface area contributed by atoms with E-state index in [1.54, 1.807) is 4.90 Å². The van der Waals surface area contributed by atoms with Crippen molar-refractivity contribution in [3.63, 3.8) is 0 Å². The molecular formula is C52H46Cl2N10O3. The van der Waals surface area contributed by atoms with E-state index in [2.05, 4.69) is 36.6 Å². The van der Waals surface area contributed by atoms with Gasteiger partial charge in [0.1, 0.15) is 33.6 Å². The van der Waals surface area contributed by atoms with Gasteiger partial charge < -0.3 is 26.2 Å². The summed E-state index contributed by atoms with van der Waals surface area (Å²) in [5.74, 6) is 1.47. The molecule has 0 fully saturated rings. The summed E-state index contributed by atoms with van der Waals surface area (Å²) in [4.78, 5) is 58.3. The minimum absolute atomic E-state index is 0.0295. The zero-order chi connectivity index (χ0) is 47.6. The quantitative estimate of drug-likeness (QED) is 0.0942. The summed E-state index contributed by atoms with van der Waals surface area (Å²) < 4.78 is 0. The van der Waals surface area contributed by atoms with Crippen molar-refractivity contribution in [3.8, 4) is 6.07 Å². The predicted molar refractivity (Wildman–Crippen MR) is 267 cm³/mol. The number of benzene rings is 6. The molecule has 2 heterocycles. The number of nitrogens with two attached hydrogens (primary N) is 1. The number of fused-ring (bicyclic) bond motifs is 2. The molecule has 0 spiro atoms. The molecule has 8 aromatic rings. The summed E-state index contributed by atoms with van der Waals surface area (Å²) in [7, 11) is 7.35. The van der Waals surface area contributed by atoms with Crippen LogP contribution in [0.3, 0.4) is 0 Å². The Labute approximate surface area is 398 Å². The lowest BCUT2D eigenvalue weighted by Gasteiger charge is -2.17. The first-order valence-corrected chi connectivity index (χ1v) is 21.9. The Hall–Kier alpha value is -7.92. The lowest BCUT2D eigenvalue weighted by atomic mass is 10.1. The molecule has 6 aromatic carbocycles. The van der Waals surface area contributed by atoms with Gasteiger partial charge in [0.15, 0.2) is 0 Å². The van der Waals surface area contributed by atoms with E-state index >= 15 is 0 Å². The van der Waals surface area contributed by atoms with Crippen molar-refractivity contribution in [1.82, 2.24) is 19.9 Å². The fraction of sp³-hybridized carbons (Fsp3) is 0.154. The van der Waals surface area contributed by atoms with Crippen LogP contribution in [-0.4, -0.2) is 65.8 Å². The van der Waals surface area contributed by atoms with Crippen LogP contribution in [0.5, 0.6) is 0 Å². The number of carbonyl (C=O) groups is 3. The van der Waals surface area contributed by atoms with Gasteiger partial charge in [-0.1, -0.05) is 108 Å². The Bertz CT molecular complexity index is 3150. The number of primary amides is 1. The molecule has 0 unspecified atom stereocenters. The van der Waals surface area contributed by atoms with Crippen LogP contribution in [0, 0.1) is 11.3 Å². The standard InChI is InChI=1S/C26H24ClN5O2.C26H22ClN5O/c1-32(2)25-21(15-22(28)33)24(27)30-23(31-25)13-16-7-11-20(12-8-16)29-26(34)19-10-9-17-5-3-4-6-18(17)14-19;1-32(2)25-22(13-14-28)24(27)30-23(31-25)15-17-7-11-21(12-8-17)29-26(33)20-10-9-18-5-3-4-6-19(18)16-20/h3-12,14H,13,15H2,1-2H3,(H2,28,33)(H,29,34);3-12,16H,13,15H2,1-2H3,(H,29,33). The van der Waals surface area contributed by atoms with Gasteiger partial charge in [-0.25, -0.2) is 19.9 Å². The van der Waals surface area contributed by atoms with Crippen molar-refractivity contribution in [1.29, 1.82) is 5.26 Å². The summed E-state index contributed by atoms with van der Waals surface area (Å²) in [6.07, 6.45) is 1.04. The molecule has 8 rings (SSSR count). The van der Waals surface area contributed by atoms with Crippen molar-refractivity contribution >= 4 is 85.5 Å². The van der Waals surface area contributed by atoms with Gasteiger partial charge in [0, 0.05) is 74.7 Å². The molecule has 336 valence electrons. The van der Waals surface area contributed by atoms with Gasteiger partial charge in [-0.05, 0) is 81.2 Å². The maximum atomic E-state index is 12.7. The Morgan fingerprint density at radius 3 is 1.37 bits per heavy atom. The molecule has 0 saturated heterocycles. The molecule has 0 radical (unpaired) electrons. The number of nitriles is 1. The van der Waals surface area contributed by atoms with Crippen molar-refractivity contribution < 1.29 is 14.4 Å². The second-order valence-corrected chi connectivity index (χ2v) is 16.7. The number of hydrogen-bond donors (Lipinski definition) is 3. The van der Waals surface area contributed by atoms with E-state index < -0.39 is 5.91 Å². The van der Waals surface area contributed by atoms with E-state index in [4.69, 9.17) is 34.2 Å². The molecular weight excluding hydrogens is 884 g/mol. The van der Waals surface area contributed by atoms with Crippen LogP contribution in [0.25, 0.3) is 21.5 Å². The summed E-state index contributed by atoms with van der Waals surface area (Å²) in [5.41, 5.74) is 11.0. The molecule has 0 saturated carbocycles. The maximum absolute atomic E-state index is 12.7. The fourth-order valence-corrected chi connectivity index (χ4v) is 7.77. The second kappa shape index (κ2) is 21.4. The summed E-state index contributed by atoms with van der Waals surface area (Å²) in [5, 5.41) is 19.7. The van der Waals surface area contributed by atoms with Crippen molar-refractivity contribution in [2.24, 2.45) is 5.73 Å². The zero-order valence-corrected chi connectivity index (χ0v) is 38.7. The van der Waals surface area contributed by atoms with E-state index in [9.17, 15) is 14.4 Å². The molecule has 0 aliphatic carbocycles. The van der Waals surface area contributed by atoms with Gasteiger partial charge in [0.25, 0.3) is 11.8 Å². The van der Waals surface area contributed by atoms with Crippen LogP contribution in [0.2, 0.25) is 10.3 Å². The summed E-state index contributed by atoms with van der Waals surface area (Å²) in [6.45, 7) is 0. The van der Waals surface area contributed by atoms with Crippen molar-refractivity contribution in [2.45, 2.75) is 25.7 Å². The fourth-order valence-electron chi connectivity index (χ4n) is 7.28. The highest BCUT2D eigenvalue weighted by Crippen LogP contribution is 2.27. The molecule has 3 amide bonds.